The monoisotopic (exact) mass is 570 g/mol. The number of carbonyl (C=O) groups excluding carboxylic acids is 2. The average Bonchev–Trinajstić information content (AvgIpc) is 3.33. The van der Waals surface area contributed by atoms with Crippen molar-refractivity contribution in [2.75, 3.05) is 0 Å². The lowest BCUT2D eigenvalue weighted by atomic mass is 9.91. The second-order valence-electron chi connectivity index (χ2n) is 9.49. The summed E-state index contributed by atoms with van der Waals surface area (Å²) in [5.41, 5.74) is -2.59. The van der Waals surface area contributed by atoms with Crippen molar-refractivity contribution in [2.24, 2.45) is 0 Å². The van der Waals surface area contributed by atoms with Crippen LogP contribution in [0.1, 0.15) is 64.7 Å². The van der Waals surface area contributed by atoms with Crippen molar-refractivity contribution in [3.63, 3.8) is 0 Å². The first-order chi connectivity index (χ1) is 19.2. The number of phenolic OH excluding ortho intramolecular Hbond substituents is 6. The lowest BCUT2D eigenvalue weighted by molar-refractivity contribution is -0.0513. The van der Waals surface area contributed by atoms with Crippen LogP contribution in [0.15, 0.2) is 36.4 Å². The molecule has 0 radical (unpaired) electrons. The summed E-state index contributed by atoms with van der Waals surface area (Å²) in [7, 11) is 0. The van der Waals surface area contributed by atoms with Gasteiger partial charge in [-0.05, 0) is 49.7 Å². The summed E-state index contributed by atoms with van der Waals surface area (Å²) in [6, 6.07) is 5.78. The van der Waals surface area contributed by atoms with Crippen molar-refractivity contribution in [2.45, 2.75) is 45.0 Å². The maximum absolute atomic E-state index is 13.6. The predicted molar refractivity (Wildman–Crippen MR) is 139 cm³/mol. The molecule has 0 amide bonds. The van der Waals surface area contributed by atoms with E-state index in [0.29, 0.717) is 0 Å². The van der Waals surface area contributed by atoms with Crippen LogP contribution in [0.3, 0.4) is 0 Å². The Labute approximate surface area is 232 Å². The van der Waals surface area contributed by atoms with Gasteiger partial charge in [-0.15, -0.1) is 0 Å². The molecule has 3 aromatic rings. The largest absolute Gasteiger partial charge is 0.504 e. The Kier molecular flexibility index (Phi) is 7.00. The highest BCUT2D eigenvalue weighted by molar-refractivity contribution is 6.05. The molecule has 1 aliphatic rings. The topological polar surface area (TPSA) is 221 Å². The summed E-state index contributed by atoms with van der Waals surface area (Å²) in [5, 5.41) is 69.4. The van der Waals surface area contributed by atoms with Gasteiger partial charge >= 0.3 is 11.8 Å². The number of carboxylic acids is 1. The minimum atomic E-state index is -2.07. The number of phenols is 6. The molecular weight excluding hydrogens is 544 g/mol. The molecule has 0 bridgehead atoms. The number of carbonyl (C=O) groups is 3. The molecular formula is C28H26O13. The molecule has 2 atom stereocenters. The number of benzene rings is 3. The van der Waals surface area contributed by atoms with Gasteiger partial charge in [0.2, 0.25) is 23.1 Å². The zero-order valence-corrected chi connectivity index (χ0v) is 22.0. The molecule has 7 N–H and O–H groups in total. The van der Waals surface area contributed by atoms with Crippen molar-refractivity contribution >= 4 is 17.5 Å². The summed E-state index contributed by atoms with van der Waals surface area (Å²) in [6.07, 6.45) is -0.131. The van der Waals surface area contributed by atoms with Crippen LogP contribution in [0.5, 0.6) is 51.7 Å². The number of rotatable bonds is 9. The molecule has 13 heteroatoms. The third-order valence-electron chi connectivity index (χ3n) is 6.77. The Balaban J connectivity index is 1.69. The third-order valence-corrected chi connectivity index (χ3v) is 6.77. The first-order valence-corrected chi connectivity index (χ1v) is 12.2. The van der Waals surface area contributed by atoms with Gasteiger partial charge in [-0.2, -0.15) is 0 Å². The van der Waals surface area contributed by atoms with Crippen LogP contribution in [0.4, 0.5) is 0 Å². The maximum Gasteiger partial charge on any atom is 0.335 e. The average molecular weight is 571 g/mol. The summed E-state index contributed by atoms with van der Waals surface area (Å²) in [5.74, 6) is -10.5. The second-order valence-corrected chi connectivity index (χ2v) is 9.49. The van der Waals surface area contributed by atoms with Gasteiger partial charge in [0.1, 0.15) is 0 Å². The van der Waals surface area contributed by atoms with E-state index in [1.165, 1.54) is 19.9 Å². The molecule has 1 heterocycles. The standard InChI is InChI=1S/C28H26O13/c1-4-27(3,39-19-11-14(26(37)38)9-17(31)22(19)34)24(35)13-8-18(32)23-20(10-13)40-28(5-2,41-23)25(36)12-6-15(29)21(33)16(30)7-12/h6-11,29-34H,4-5H2,1-3H3,(H,37,38). The number of fused-ring (bicyclic) bond motifs is 1. The number of ether oxygens (including phenoxy) is 3. The Morgan fingerprint density at radius 3 is 1.90 bits per heavy atom. The molecule has 0 spiro atoms. The van der Waals surface area contributed by atoms with Crippen LogP contribution in [-0.2, 0) is 0 Å². The van der Waals surface area contributed by atoms with E-state index in [2.05, 4.69) is 0 Å². The molecule has 4 rings (SSSR count). The molecule has 216 valence electrons. The molecule has 0 fully saturated rings. The Hall–Kier alpha value is -5.33. The van der Waals surface area contributed by atoms with Crippen molar-refractivity contribution in [3.8, 4) is 51.7 Å². The fraction of sp³-hybridized carbons (Fsp3) is 0.250. The van der Waals surface area contributed by atoms with E-state index in [1.807, 2.05) is 0 Å². The Bertz CT molecular complexity index is 1570. The van der Waals surface area contributed by atoms with Crippen LogP contribution in [0.25, 0.3) is 0 Å². The SMILES string of the molecule is CCC(C)(Oc1cc(C(=O)O)cc(O)c1O)C(=O)c1cc(O)c2c(c1)OC(CC)(C(=O)c1cc(O)c(O)c(O)c1)O2. The van der Waals surface area contributed by atoms with E-state index in [4.69, 9.17) is 14.2 Å². The lowest BCUT2D eigenvalue weighted by Gasteiger charge is -2.29. The Morgan fingerprint density at radius 2 is 1.34 bits per heavy atom. The van der Waals surface area contributed by atoms with Gasteiger partial charge in [0, 0.05) is 17.5 Å². The van der Waals surface area contributed by atoms with Crippen molar-refractivity contribution in [1.29, 1.82) is 0 Å². The first kappa shape index (κ1) is 28.7. The predicted octanol–water partition coefficient (Wildman–Crippen LogP) is 3.81. The second kappa shape index (κ2) is 10.0. The number of hydrogen-bond acceptors (Lipinski definition) is 12. The maximum atomic E-state index is 13.6. The van der Waals surface area contributed by atoms with Gasteiger partial charge in [0.15, 0.2) is 45.8 Å². The van der Waals surface area contributed by atoms with Gasteiger partial charge in [0.25, 0.3) is 0 Å². The number of Topliss-reactive ketones (excluding diaryl/α,β-unsaturated/α-hetero) is 2. The molecule has 0 aliphatic carbocycles. The van der Waals surface area contributed by atoms with Crippen LogP contribution >= 0.6 is 0 Å². The number of ketones is 2. The van der Waals surface area contributed by atoms with Gasteiger partial charge in [-0.3, -0.25) is 9.59 Å². The van der Waals surface area contributed by atoms with E-state index in [1.54, 1.807) is 6.92 Å². The van der Waals surface area contributed by atoms with Crippen LogP contribution in [0.2, 0.25) is 0 Å². The quantitative estimate of drug-likeness (QED) is 0.144. The molecule has 1 aliphatic heterocycles. The Morgan fingerprint density at radius 1 is 0.780 bits per heavy atom. The summed E-state index contributed by atoms with van der Waals surface area (Å²) < 4.78 is 17.2. The van der Waals surface area contributed by atoms with Crippen LogP contribution in [0, 0.1) is 0 Å². The lowest BCUT2D eigenvalue weighted by Crippen LogP contribution is -2.46. The van der Waals surface area contributed by atoms with Crippen molar-refractivity contribution < 1.29 is 64.3 Å². The number of aromatic hydroxyl groups is 6. The highest BCUT2D eigenvalue weighted by Gasteiger charge is 2.50. The molecule has 13 nitrogen and oxygen atoms in total. The normalized spacial score (nSPS) is 17.0. The van der Waals surface area contributed by atoms with E-state index in [9.17, 15) is 50.1 Å². The number of hydrogen-bond donors (Lipinski definition) is 7. The van der Waals surface area contributed by atoms with Crippen LogP contribution in [-0.4, -0.2) is 64.7 Å². The molecule has 0 saturated carbocycles. The van der Waals surface area contributed by atoms with E-state index < -0.39 is 74.7 Å². The number of carboxylic acid groups (broad SMARTS) is 1. The molecule has 0 aromatic heterocycles. The molecule has 41 heavy (non-hydrogen) atoms. The molecule has 3 aromatic carbocycles. The minimum absolute atomic E-state index is 0.0102. The summed E-state index contributed by atoms with van der Waals surface area (Å²) in [6.45, 7) is 4.46. The zero-order chi connectivity index (χ0) is 30.4. The fourth-order valence-corrected chi connectivity index (χ4v) is 4.23. The van der Waals surface area contributed by atoms with E-state index in [0.717, 1.165) is 30.3 Å². The number of aromatic carboxylic acids is 1. The van der Waals surface area contributed by atoms with Gasteiger partial charge < -0.3 is 50.0 Å². The molecule has 0 saturated heterocycles. The van der Waals surface area contributed by atoms with Gasteiger partial charge in [-0.25, -0.2) is 4.79 Å². The van der Waals surface area contributed by atoms with Crippen LogP contribution < -0.4 is 14.2 Å². The van der Waals surface area contributed by atoms with E-state index in [-0.39, 0.29) is 35.5 Å². The smallest absolute Gasteiger partial charge is 0.335 e. The van der Waals surface area contributed by atoms with E-state index >= 15 is 0 Å². The highest BCUT2D eigenvalue weighted by atomic mass is 16.7. The summed E-state index contributed by atoms with van der Waals surface area (Å²) in [4.78, 5) is 38.4. The molecule has 2 unspecified atom stereocenters. The first-order valence-electron chi connectivity index (χ1n) is 12.2. The third kappa shape index (κ3) is 4.81. The summed E-state index contributed by atoms with van der Waals surface area (Å²) >= 11 is 0. The zero-order valence-electron chi connectivity index (χ0n) is 22.0. The highest BCUT2D eigenvalue weighted by Crippen LogP contribution is 2.49. The fourth-order valence-electron chi connectivity index (χ4n) is 4.23. The van der Waals surface area contributed by atoms with Gasteiger partial charge in [-0.1, -0.05) is 13.8 Å². The minimum Gasteiger partial charge on any atom is -0.504 e. The van der Waals surface area contributed by atoms with Crippen molar-refractivity contribution in [1.82, 2.24) is 0 Å². The van der Waals surface area contributed by atoms with Crippen molar-refractivity contribution in [3.05, 3.63) is 53.1 Å². The van der Waals surface area contributed by atoms with Gasteiger partial charge in [0.05, 0.1) is 5.56 Å².